The van der Waals surface area contributed by atoms with Crippen LogP contribution in [0.4, 0.5) is 0 Å². The van der Waals surface area contributed by atoms with Gasteiger partial charge in [0.2, 0.25) is 0 Å². The Morgan fingerprint density at radius 3 is 1.57 bits per heavy atom. The first-order valence-corrected chi connectivity index (χ1v) is 6.09. The second-order valence-electron chi connectivity index (χ2n) is 6.13. The van der Waals surface area contributed by atoms with E-state index in [1.54, 1.807) is 38.5 Å². The van der Waals surface area contributed by atoms with Crippen molar-refractivity contribution < 1.29 is 0 Å². The average Bonchev–Trinajstić information content (AvgIpc) is 2.81. The van der Waals surface area contributed by atoms with Gasteiger partial charge in [0.1, 0.15) is 0 Å². The quantitative estimate of drug-likeness (QED) is 0.606. The monoisotopic (exact) mass is 213 g/mol. The maximum atomic E-state index is 2.79. The first-order chi connectivity index (χ1) is 6.34. The van der Waals surface area contributed by atoms with Gasteiger partial charge in [0, 0.05) is 18.6 Å². The minimum atomic E-state index is 0. The highest BCUT2D eigenvalue weighted by atomic mass is 35.5. The molecule has 0 unspecified atom stereocenters. The van der Waals surface area contributed by atoms with Crippen LogP contribution in [0.25, 0.3) is 0 Å². The largest absolute Gasteiger partial charge is 0.295 e. The lowest BCUT2D eigenvalue weighted by molar-refractivity contribution is -0.0493. The van der Waals surface area contributed by atoms with Gasteiger partial charge >= 0.3 is 0 Å². The van der Waals surface area contributed by atoms with E-state index in [1.165, 1.54) is 13.1 Å². The Balaban J connectivity index is 0.000000640. The number of hydrogen-bond donors (Lipinski definition) is 0. The molecular weight excluding hydrogens is 194 g/mol. The van der Waals surface area contributed by atoms with Gasteiger partial charge in [-0.1, -0.05) is 0 Å². The predicted octanol–water partition coefficient (Wildman–Crippen LogP) is 2.69. The van der Waals surface area contributed by atoms with Gasteiger partial charge in [0.05, 0.1) is 0 Å². The SMILES string of the molecule is C1C2CC3CC1CC(N1CC1)(C2)C3.Cl. The predicted molar refractivity (Wildman–Crippen MR) is 59.7 cm³/mol. The molecule has 0 aromatic heterocycles. The average molecular weight is 214 g/mol. The van der Waals surface area contributed by atoms with Gasteiger partial charge < -0.3 is 0 Å². The van der Waals surface area contributed by atoms with E-state index in [2.05, 4.69) is 4.90 Å². The summed E-state index contributed by atoms with van der Waals surface area (Å²) in [4.78, 5) is 2.79. The van der Waals surface area contributed by atoms with Crippen LogP contribution in [0.1, 0.15) is 38.5 Å². The summed E-state index contributed by atoms with van der Waals surface area (Å²) in [5, 5.41) is 0. The Morgan fingerprint density at radius 2 is 1.21 bits per heavy atom. The van der Waals surface area contributed by atoms with Crippen molar-refractivity contribution in [1.82, 2.24) is 4.90 Å². The van der Waals surface area contributed by atoms with E-state index < -0.39 is 0 Å². The third kappa shape index (κ3) is 1.18. The molecule has 0 amide bonds. The van der Waals surface area contributed by atoms with E-state index >= 15 is 0 Å². The molecule has 0 spiro atoms. The molecule has 0 aromatic rings. The smallest absolute Gasteiger partial charge is 0.0218 e. The third-order valence-corrected chi connectivity index (χ3v) is 5.12. The fourth-order valence-corrected chi connectivity index (χ4v) is 4.98. The van der Waals surface area contributed by atoms with Crippen LogP contribution in [-0.2, 0) is 0 Å². The first-order valence-electron chi connectivity index (χ1n) is 6.09. The van der Waals surface area contributed by atoms with Gasteiger partial charge in [0.15, 0.2) is 0 Å². The number of halogens is 1. The van der Waals surface area contributed by atoms with Gasteiger partial charge in [-0.3, -0.25) is 4.90 Å². The number of hydrogen-bond acceptors (Lipinski definition) is 1. The molecule has 5 aliphatic rings. The van der Waals surface area contributed by atoms with Crippen LogP contribution in [0.3, 0.4) is 0 Å². The van der Waals surface area contributed by atoms with E-state index in [9.17, 15) is 0 Å². The molecule has 0 aromatic carbocycles. The molecule has 4 bridgehead atoms. The van der Waals surface area contributed by atoms with Gasteiger partial charge in [-0.25, -0.2) is 0 Å². The Bertz CT molecular complexity index is 211. The van der Waals surface area contributed by atoms with E-state index in [0.717, 1.165) is 23.3 Å². The zero-order valence-electron chi connectivity index (χ0n) is 8.74. The van der Waals surface area contributed by atoms with Crippen molar-refractivity contribution in [3.8, 4) is 0 Å². The topological polar surface area (TPSA) is 3.01 Å². The molecule has 5 fully saturated rings. The lowest BCUT2D eigenvalue weighted by Crippen LogP contribution is -2.54. The van der Waals surface area contributed by atoms with Crippen LogP contribution in [-0.4, -0.2) is 23.5 Å². The Hall–Kier alpha value is 0.250. The summed E-state index contributed by atoms with van der Waals surface area (Å²) < 4.78 is 0. The summed E-state index contributed by atoms with van der Waals surface area (Å²) in [5.41, 5.74) is 0.745. The van der Waals surface area contributed by atoms with Crippen molar-refractivity contribution in [2.75, 3.05) is 13.1 Å². The normalized spacial score (nSPS) is 54.4. The number of nitrogens with zero attached hydrogens (tertiary/aromatic N) is 1. The van der Waals surface area contributed by atoms with Crippen LogP contribution in [0, 0.1) is 17.8 Å². The molecule has 80 valence electrons. The van der Waals surface area contributed by atoms with Crippen molar-refractivity contribution in [2.45, 2.75) is 44.1 Å². The molecule has 4 saturated carbocycles. The molecule has 0 radical (unpaired) electrons. The molecule has 0 atom stereocenters. The van der Waals surface area contributed by atoms with Gasteiger partial charge in [-0.05, 0) is 56.3 Å². The molecule has 14 heavy (non-hydrogen) atoms. The second kappa shape index (κ2) is 2.89. The zero-order chi connectivity index (χ0) is 8.47. The van der Waals surface area contributed by atoms with E-state index in [0.29, 0.717) is 0 Å². The van der Waals surface area contributed by atoms with Crippen LogP contribution in [0.5, 0.6) is 0 Å². The zero-order valence-corrected chi connectivity index (χ0v) is 9.56. The van der Waals surface area contributed by atoms with Gasteiger partial charge in [0.25, 0.3) is 0 Å². The molecule has 1 nitrogen and oxygen atoms in total. The van der Waals surface area contributed by atoms with Crippen LogP contribution < -0.4 is 0 Å². The summed E-state index contributed by atoms with van der Waals surface area (Å²) in [7, 11) is 0. The van der Waals surface area contributed by atoms with Crippen LogP contribution >= 0.6 is 12.4 Å². The molecule has 5 rings (SSSR count). The standard InChI is InChI=1S/C12H19N.ClH/c1-2-13(1)12-6-9-3-10(7-12)5-11(4-9)8-12;/h9-11H,1-8H2;1H. The summed E-state index contributed by atoms with van der Waals surface area (Å²) in [6.45, 7) is 2.85. The highest BCUT2D eigenvalue weighted by Gasteiger charge is 2.55. The van der Waals surface area contributed by atoms with Crippen molar-refractivity contribution in [1.29, 1.82) is 0 Å². The summed E-state index contributed by atoms with van der Waals surface area (Å²) in [6, 6.07) is 0. The molecule has 1 heterocycles. The Kier molecular flexibility index (Phi) is 1.95. The molecule has 2 heteroatoms. The Labute approximate surface area is 92.6 Å². The van der Waals surface area contributed by atoms with E-state index in [1.807, 2.05) is 0 Å². The number of rotatable bonds is 1. The Morgan fingerprint density at radius 1 is 0.786 bits per heavy atom. The lowest BCUT2D eigenvalue weighted by Gasteiger charge is -2.57. The fraction of sp³-hybridized carbons (Fsp3) is 1.00. The molecule has 1 aliphatic heterocycles. The van der Waals surface area contributed by atoms with Crippen LogP contribution in [0.2, 0.25) is 0 Å². The molecular formula is C12H20ClN. The van der Waals surface area contributed by atoms with Crippen molar-refractivity contribution in [3.05, 3.63) is 0 Å². The highest BCUT2D eigenvalue weighted by Crippen LogP contribution is 2.58. The minimum Gasteiger partial charge on any atom is -0.295 e. The highest BCUT2D eigenvalue weighted by molar-refractivity contribution is 5.85. The second-order valence-corrected chi connectivity index (χ2v) is 6.13. The van der Waals surface area contributed by atoms with E-state index in [-0.39, 0.29) is 12.4 Å². The maximum Gasteiger partial charge on any atom is 0.0218 e. The van der Waals surface area contributed by atoms with Crippen molar-refractivity contribution in [2.24, 2.45) is 17.8 Å². The fourth-order valence-electron chi connectivity index (χ4n) is 4.98. The van der Waals surface area contributed by atoms with E-state index in [4.69, 9.17) is 0 Å². The first kappa shape index (κ1) is 9.47. The van der Waals surface area contributed by atoms with Gasteiger partial charge in [-0.2, -0.15) is 0 Å². The lowest BCUT2D eigenvalue weighted by atomic mass is 9.53. The molecule has 4 aliphatic carbocycles. The summed E-state index contributed by atoms with van der Waals surface area (Å²) in [6.07, 6.45) is 9.48. The molecule has 1 saturated heterocycles. The van der Waals surface area contributed by atoms with Crippen molar-refractivity contribution in [3.63, 3.8) is 0 Å². The third-order valence-electron chi connectivity index (χ3n) is 5.12. The summed E-state index contributed by atoms with van der Waals surface area (Å²) in [5.74, 6) is 3.39. The maximum absolute atomic E-state index is 2.79. The summed E-state index contributed by atoms with van der Waals surface area (Å²) >= 11 is 0. The van der Waals surface area contributed by atoms with Gasteiger partial charge in [-0.15, -0.1) is 12.4 Å². The van der Waals surface area contributed by atoms with Crippen LogP contribution in [0.15, 0.2) is 0 Å². The van der Waals surface area contributed by atoms with Crippen molar-refractivity contribution >= 4 is 12.4 Å². The minimum absolute atomic E-state index is 0. The molecule has 0 N–H and O–H groups in total.